The lowest BCUT2D eigenvalue weighted by Gasteiger charge is -2.14. The van der Waals surface area contributed by atoms with Gasteiger partial charge >= 0.3 is 5.97 Å². The van der Waals surface area contributed by atoms with E-state index in [9.17, 15) is 9.59 Å². The van der Waals surface area contributed by atoms with E-state index in [0.717, 1.165) is 0 Å². The van der Waals surface area contributed by atoms with Crippen molar-refractivity contribution in [3.05, 3.63) is 30.3 Å². The second-order valence-electron chi connectivity index (χ2n) is 3.17. The Morgan fingerprint density at radius 2 is 1.88 bits per heavy atom. The molecular weight excluding hydrogens is 208 g/mol. The highest BCUT2D eigenvalue weighted by molar-refractivity contribution is 6.01. The zero-order chi connectivity index (χ0) is 12.0. The summed E-state index contributed by atoms with van der Waals surface area (Å²) in [5, 5.41) is 0. The van der Waals surface area contributed by atoms with E-state index in [1.165, 1.54) is 6.92 Å². The number of ketones is 1. The van der Waals surface area contributed by atoms with E-state index in [-0.39, 0.29) is 12.4 Å². The van der Waals surface area contributed by atoms with Crippen molar-refractivity contribution in [1.29, 1.82) is 0 Å². The highest BCUT2D eigenvalue weighted by Gasteiger charge is 2.26. The monoisotopic (exact) mass is 222 g/mol. The van der Waals surface area contributed by atoms with Gasteiger partial charge in [-0.25, -0.2) is 4.79 Å². The fourth-order valence-electron chi connectivity index (χ4n) is 1.15. The summed E-state index contributed by atoms with van der Waals surface area (Å²) in [5.41, 5.74) is 0. The lowest BCUT2D eigenvalue weighted by molar-refractivity contribution is -0.154. The number of para-hydroxylation sites is 1. The maximum atomic E-state index is 11.4. The molecule has 0 fully saturated rings. The molecule has 86 valence electrons. The summed E-state index contributed by atoms with van der Waals surface area (Å²) in [4.78, 5) is 22.7. The molecule has 0 aliphatic carbocycles. The first-order valence-corrected chi connectivity index (χ1v) is 5.04. The Balaban J connectivity index is 2.73. The summed E-state index contributed by atoms with van der Waals surface area (Å²) >= 11 is 0. The third-order valence-electron chi connectivity index (χ3n) is 1.87. The molecule has 0 aliphatic heterocycles. The Kier molecular flexibility index (Phi) is 4.51. The van der Waals surface area contributed by atoms with Crippen molar-refractivity contribution < 1.29 is 19.1 Å². The molecule has 0 N–H and O–H groups in total. The second-order valence-corrected chi connectivity index (χ2v) is 3.17. The normalized spacial score (nSPS) is 11.6. The number of esters is 1. The van der Waals surface area contributed by atoms with Crippen LogP contribution >= 0.6 is 0 Å². The van der Waals surface area contributed by atoms with Crippen LogP contribution < -0.4 is 4.74 Å². The van der Waals surface area contributed by atoms with Crippen molar-refractivity contribution in [2.45, 2.75) is 20.0 Å². The minimum absolute atomic E-state index is 0.223. The van der Waals surface area contributed by atoms with E-state index < -0.39 is 12.1 Å². The van der Waals surface area contributed by atoms with Gasteiger partial charge in [0.05, 0.1) is 6.61 Å². The van der Waals surface area contributed by atoms with Gasteiger partial charge in [-0.2, -0.15) is 0 Å². The highest BCUT2D eigenvalue weighted by Crippen LogP contribution is 2.12. The predicted octanol–water partition coefficient (Wildman–Crippen LogP) is 1.59. The molecule has 1 atom stereocenters. The van der Waals surface area contributed by atoms with Crippen molar-refractivity contribution in [1.82, 2.24) is 0 Å². The highest BCUT2D eigenvalue weighted by atomic mass is 16.6. The zero-order valence-electron chi connectivity index (χ0n) is 9.30. The molecule has 0 unspecified atom stereocenters. The van der Waals surface area contributed by atoms with Crippen LogP contribution in [0, 0.1) is 0 Å². The first-order valence-electron chi connectivity index (χ1n) is 5.04. The largest absolute Gasteiger partial charge is 0.471 e. The van der Waals surface area contributed by atoms with E-state index in [0.29, 0.717) is 5.75 Å². The number of Topliss-reactive ketones (excluding diaryl/α,β-unsaturated/α-hetero) is 1. The molecule has 4 nitrogen and oxygen atoms in total. The first kappa shape index (κ1) is 12.2. The molecular formula is C12H14O4. The van der Waals surface area contributed by atoms with Crippen molar-refractivity contribution in [2.24, 2.45) is 0 Å². The maximum Gasteiger partial charge on any atom is 0.355 e. The first-order chi connectivity index (χ1) is 7.65. The number of carbonyl (C=O) groups excluding carboxylic acids is 2. The van der Waals surface area contributed by atoms with Gasteiger partial charge in [0.15, 0.2) is 5.78 Å². The SMILES string of the molecule is CCOC(=O)[C@@H](Oc1ccccc1)C(C)=O. The molecule has 4 heteroatoms. The topological polar surface area (TPSA) is 52.6 Å². The van der Waals surface area contributed by atoms with E-state index in [1.807, 2.05) is 6.07 Å². The molecule has 0 bridgehead atoms. The maximum absolute atomic E-state index is 11.4. The van der Waals surface area contributed by atoms with Gasteiger partial charge in [0, 0.05) is 0 Å². The average Bonchev–Trinajstić information content (AvgIpc) is 2.27. The second kappa shape index (κ2) is 5.90. The van der Waals surface area contributed by atoms with Gasteiger partial charge in [-0.15, -0.1) is 0 Å². The minimum atomic E-state index is -1.18. The lowest BCUT2D eigenvalue weighted by Crippen LogP contribution is -2.35. The lowest BCUT2D eigenvalue weighted by atomic mass is 10.2. The zero-order valence-corrected chi connectivity index (χ0v) is 9.30. The summed E-state index contributed by atoms with van der Waals surface area (Å²) in [5.74, 6) is -0.558. The smallest absolute Gasteiger partial charge is 0.355 e. The predicted molar refractivity (Wildman–Crippen MR) is 58.2 cm³/mol. The number of benzene rings is 1. The van der Waals surface area contributed by atoms with E-state index in [1.54, 1.807) is 31.2 Å². The van der Waals surface area contributed by atoms with Crippen LogP contribution in [0.4, 0.5) is 0 Å². The number of hydrogen-bond donors (Lipinski definition) is 0. The Labute approximate surface area is 94.2 Å². The summed E-state index contributed by atoms with van der Waals surface area (Å²) in [6.45, 7) is 3.20. The van der Waals surface area contributed by atoms with Crippen molar-refractivity contribution >= 4 is 11.8 Å². The van der Waals surface area contributed by atoms with Crippen LogP contribution in [0.15, 0.2) is 30.3 Å². The Morgan fingerprint density at radius 3 is 2.38 bits per heavy atom. The number of ether oxygens (including phenoxy) is 2. The molecule has 0 spiro atoms. The Morgan fingerprint density at radius 1 is 1.25 bits per heavy atom. The van der Waals surface area contributed by atoms with Gasteiger partial charge in [0.1, 0.15) is 5.75 Å². The van der Waals surface area contributed by atoms with Crippen LogP contribution in [-0.4, -0.2) is 24.5 Å². The molecule has 16 heavy (non-hydrogen) atoms. The van der Waals surface area contributed by atoms with Crippen molar-refractivity contribution in [3.8, 4) is 5.75 Å². The van der Waals surface area contributed by atoms with E-state index >= 15 is 0 Å². The van der Waals surface area contributed by atoms with Gasteiger partial charge in [-0.1, -0.05) is 18.2 Å². The third-order valence-corrected chi connectivity index (χ3v) is 1.87. The Bertz CT molecular complexity index is 359. The van der Waals surface area contributed by atoms with Gasteiger partial charge in [-0.05, 0) is 26.0 Å². The number of carbonyl (C=O) groups is 2. The van der Waals surface area contributed by atoms with Gasteiger partial charge < -0.3 is 9.47 Å². The standard InChI is InChI=1S/C12H14O4/c1-3-15-12(14)11(9(2)13)16-10-7-5-4-6-8-10/h4-8,11H,3H2,1-2H3/t11-/m0/s1. The molecule has 0 amide bonds. The van der Waals surface area contributed by atoms with E-state index in [4.69, 9.17) is 9.47 Å². The van der Waals surface area contributed by atoms with Crippen LogP contribution in [-0.2, 0) is 14.3 Å². The van der Waals surface area contributed by atoms with E-state index in [2.05, 4.69) is 0 Å². The average molecular weight is 222 g/mol. The molecule has 1 rings (SSSR count). The molecule has 0 saturated heterocycles. The fraction of sp³-hybridized carbons (Fsp3) is 0.333. The third kappa shape index (κ3) is 3.38. The molecule has 1 aromatic rings. The minimum Gasteiger partial charge on any atom is -0.471 e. The summed E-state index contributed by atoms with van der Waals surface area (Å²) < 4.78 is 10.0. The molecule has 0 aliphatic rings. The Hall–Kier alpha value is -1.84. The van der Waals surface area contributed by atoms with Crippen LogP contribution in [0.25, 0.3) is 0 Å². The van der Waals surface area contributed by atoms with Gasteiger partial charge in [-0.3, -0.25) is 4.79 Å². The number of hydrogen-bond acceptors (Lipinski definition) is 4. The number of rotatable bonds is 5. The van der Waals surface area contributed by atoms with Gasteiger partial charge in [0.2, 0.25) is 0 Å². The van der Waals surface area contributed by atoms with Crippen molar-refractivity contribution in [3.63, 3.8) is 0 Å². The summed E-state index contributed by atoms with van der Waals surface area (Å²) in [6, 6.07) is 8.69. The molecule has 0 heterocycles. The molecule has 1 aromatic carbocycles. The van der Waals surface area contributed by atoms with Crippen LogP contribution in [0.2, 0.25) is 0 Å². The quantitative estimate of drug-likeness (QED) is 0.560. The van der Waals surface area contributed by atoms with Crippen LogP contribution in [0.5, 0.6) is 5.75 Å². The van der Waals surface area contributed by atoms with Gasteiger partial charge in [0.25, 0.3) is 6.10 Å². The summed E-state index contributed by atoms with van der Waals surface area (Å²) in [6.07, 6.45) is -1.18. The van der Waals surface area contributed by atoms with Crippen molar-refractivity contribution in [2.75, 3.05) is 6.61 Å². The van der Waals surface area contributed by atoms with Crippen LogP contribution in [0.3, 0.4) is 0 Å². The fourth-order valence-corrected chi connectivity index (χ4v) is 1.15. The molecule has 0 aromatic heterocycles. The molecule has 0 radical (unpaired) electrons. The summed E-state index contributed by atoms with van der Waals surface area (Å²) in [7, 11) is 0. The molecule has 0 saturated carbocycles. The van der Waals surface area contributed by atoms with Crippen LogP contribution in [0.1, 0.15) is 13.8 Å².